The summed E-state index contributed by atoms with van der Waals surface area (Å²) in [5.74, 6) is 0.112. The molecule has 1 saturated carbocycles. The van der Waals surface area contributed by atoms with Gasteiger partial charge in [0.1, 0.15) is 0 Å². The van der Waals surface area contributed by atoms with Crippen LogP contribution >= 0.6 is 11.3 Å². The summed E-state index contributed by atoms with van der Waals surface area (Å²) >= 11 is 1.62. The molecule has 0 aliphatic heterocycles. The standard InChI is InChI=1S/C14H23N3OS/c1-10-16-11(9-19-10)8-17(3)13(18)12-6-4-5-7-14(12,2)15/h9,12H,4-8,15H2,1-3H3. The molecule has 2 atom stereocenters. The Labute approximate surface area is 119 Å². The van der Waals surface area contributed by atoms with Gasteiger partial charge in [-0.2, -0.15) is 0 Å². The second-order valence-corrected chi connectivity index (χ2v) is 6.92. The number of rotatable bonds is 3. The fourth-order valence-electron chi connectivity index (χ4n) is 2.83. The van der Waals surface area contributed by atoms with Crippen molar-refractivity contribution in [2.24, 2.45) is 11.7 Å². The third-order valence-corrected chi connectivity index (χ3v) is 4.82. The molecule has 106 valence electrons. The van der Waals surface area contributed by atoms with Gasteiger partial charge in [0.2, 0.25) is 5.91 Å². The largest absolute Gasteiger partial charge is 0.340 e. The van der Waals surface area contributed by atoms with Crippen molar-refractivity contribution in [1.29, 1.82) is 0 Å². The van der Waals surface area contributed by atoms with E-state index in [2.05, 4.69) is 4.98 Å². The molecule has 0 aromatic carbocycles. The molecule has 5 heteroatoms. The zero-order chi connectivity index (χ0) is 14.0. The minimum Gasteiger partial charge on any atom is -0.340 e. The highest BCUT2D eigenvalue weighted by Crippen LogP contribution is 2.32. The molecule has 4 nitrogen and oxygen atoms in total. The van der Waals surface area contributed by atoms with Gasteiger partial charge in [-0.05, 0) is 26.7 Å². The number of thiazole rings is 1. The van der Waals surface area contributed by atoms with E-state index in [0.29, 0.717) is 6.54 Å². The third kappa shape index (κ3) is 3.34. The second kappa shape index (κ2) is 5.59. The number of carbonyl (C=O) groups excluding carboxylic acids is 1. The molecule has 1 heterocycles. The maximum Gasteiger partial charge on any atom is 0.227 e. The van der Waals surface area contributed by atoms with E-state index >= 15 is 0 Å². The van der Waals surface area contributed by atoms with Crippen molar-refractivity contribution in [3.05, 3.63) is 16.1 Å². The summed E-state index contributed by atoms with van der Waals surface area (Å²) in [6.07, 6.45) is 4.08. The van der Waals surface area contributed by atoms with Gasteiger partial charge in [0.25, 0.3) is 0 Å². The predicted octanol–water partition coefficient (Wildman–Crippen LogP) is 2.32. The van der Waals surface area contributed by atoms with E-state index in [4.69, 9.17) is 5.73 Å². The summed E-state index contributed by atoms with van der Waals surface area (Å²) < 4.78 is 0. The van der Waals surface area contributed by atoms with Gasteiger partial charge >= 0.3 is 0 Å². The molecule has 0 spiro atoms. The molecular formula is C14H23N3OS. The minimum absolute atomic E-state index is 0.0500. The first kappa shape index (κ1) is 14.5. The maximum absolute atomic E-state index is 12.5. The molecule has 2 unspecified atom stereocenters. The van der Waals surface area contributed by atoms with Gasteiger partial charge in [-0.25, -0.2) is 4.98 Å². The molecule has 1 aromatic rings. The fourth-order valence-corrected chi connectivity index (χ4v) is 3.44. The van der Waals surface area contributed by atoms with E-state index in [0.717, 1.165) is 36.4 Å². The van der Waals surface area contributed by atoms with Crippen molar-refractivity contribution >= 4 is 17.2 Å². The summed E-state index contributed by atoms with van der Waals surface area (Å²) in [5, 5.41) is 3.05. The summed E-state index contributed by atoms with van der Waals surface area (Å²) in [6.45, 7) is 4.57. The lowest BCUT2D eigenvalue weighted by Gasteiger charge is -2.39. The zero-order valence-electron chi connectivity index (χ0n) is 12.0. The van der Waals surface area contributed by atoms with Crippen LogP contribution in [-0.4, -0.2) is 28.4 Å². The third-order valence-electron chi connectivity index (χ3n) is 3.99. The Kier molecular flexibility index (Phi) is 4.26. The van der Waals surface area contributed by atoms with Crippen molar-refractivity contribution < 1.29 is 4.79 Å². The summed E-state index contributed by atoms with van der Waals surface area (Å²) in [4.78, 5) is 18.7. The van der Waals surface area contributed by atoms with Crippen molar-refractivity contribution in [2.75, 3.05) is 7.05 Å². The Bertz CT molecular complexity index is 455. The number of amides is 1. The van der Waals surface area contributed by atoms with Crippen LogP contribution < -0.4 is 5.73 Å². The normalized spacial score (nSPS) is 27.3. The van der Waals surface area contributed by atoms with Crippen LogP contribution in [0.2, 0.25) is 0 Å². The fraction of sp³-hybridized carbons (Fsp3) is 0.714. The molecule has 2 N–H and O–H groups in total. The van der Waals surface area contributed by atoms with E-state index < -0.39 is 0 Å². The SMILES string of the molecule is Cc1nc(CN(C)C(=O)C2CCCCC2(C)N)cs1. The van der Waals surface area contributed by atoms with Gasteiger partial charge in [-0.1, -0.05) is 12.8 Å². The Hall–Kier alpha value is -0.940. The smallest absolute Gasteiger partial charge is 0.227 e. The van der Waals surface area contributed by atoms with E-state index in [9.17, 15) is 4.79 Å². The van der Waals surface area contributed by atoms with Crippen molar-refractivity contribution in [3.63, 3.8) is 0 Å². The molecule has 19 heavy (non-hydrogen) atoms. The molecule has 1 fully saturated rings. The van der Waals surface area contributed by atoms with Crippen molar-refractivity contribution in [3.8, 4) is 0 Å². The van der Waals surface area contributed by atoms with Crippen LogP contribution in [0.1, 0.15) is 43.3 Å². The highest BCUT2D eigenvalue weighted by atomic mass is 32.1. The molecule has 0 radical (unpaired) electrons. The topological polar surface area (TPSA) is 59.2 Å². The van der Waals surface area contributed by atoms with Gasteiger partial charge in [-0.3, -0.25) is 4.79 Å². The number of nitrogens with zero attached hydrogens (tertiary/aromatic N) is 2. The number of hydrogen-bond acceptors (Lipinski definition) is 4. The minimum atomic E-state index is -0.360. The van der Waals surface area contributed by atoms with Crippen LogP contribution in [0.5, 0.6) is 0 Å². The van der Waals surface area contributed by atoms with E-state index in [1.807, 2.05) is 26.3 Å². The van der Waals surface area contributed by atoms with Crippen molar-refractivity contribution in [1.82, 2.24) is 9.88 Å². The number of nitrogens with two attached hydrogens (primary N) is 1. The molecule has 0 bridgehead atoms. The van der Waals surface area contributed by atoms with E-state index in [1.54, 1.807) is 16.2 Å². The van der Waals surface area contributed by atoms with Crippen LogP contribution in [0.3, 0.4) is 0 Å². The van der Waals surface area contributed by atoms with E-state index in [1.165, 1.54) is 0 Å². The Balaban J connectivity index is 2.02. The molecule has 0 saturated heterocycles. The summed E-state index contributed by atoms with van der Waals surface area (Å²) in [6, 6.07) is 0. The first-order valence-electron chi connectivity index (χ1n) is 6.85. The molecule has 1 aliphatic rings. The summed E-state index contributed by atoms with van der Waals surface area (Å²) in [5.41, 5.74) is 6.90. The van der Waals surface area contributed by atoms with Crippen molar-refractivity contribution in [2.45, 2.75) is 51.6 Å². The number of hydrogen-bond donors (Lipinski definition) is 1. The van der Waals surface area contributed by atoms with Gasteiger partial charge in [0, 0.05) is 18.0 Å². The zero-order valence-corrected chi connectivity index (χ0v) is 12.8. The highest BCUT2D eigenvalue weighted by Gasteiger charge is 2.39. The van der Waals surface area contributed by atoms with Gasteiger partial charge in [-0.15, -0.1) is 11.3 Å². The van der Waals surface area contributed by atoms with Gasteiger partial charge < -0.3 is 10.6 Å². The lowest BCUT2D eigenvalue weighted by Crippen LogP contribution is -2.53. The van der Waals surface area contributed by atoms with Crippen LogP contribution in [0.4, 0.5) is 0 Å². The highest BCUT2D eigenvalue weighted by molar-refractivity contribution is 7.09. The number of carbonyl (C=O) groups is 1. The van der Waals surface area contributed by atoms with Crippen LogP contribution in [0, 0.1) is 12.8 Å². The number of aromatic nitrogens is 1. The van der Waals surface area contributed by atoms with Gasteiger partial charge in [0.05, 0.1) is 23.2 Å². The predicted molar refractivity (Wildman–Crippen MR) is 77.9 cm³/mol. The Morgan fingerprint density at radius 3 is 2.95 bits per heavy atom. The lowest BCUT2D eigenvalue weighted by molar-refractivity contribution is -0.138. The van der Waals surface area contributed by atoms with Gasteiger partial charge in [0.15, 0.2) is 0 Å². The second-order valence-electron chi connectivity index (χ2n) is 5.86. The molecular weight excluding hydrogens is 258 g/mol. The molecule has 1 aromatic heterocycles. The maximum atomic E-state index is 12.5. The Morgan fingerprint density at radius 2 is 2.37 bits per heavy atom. The average molecular weight is 281 g/mol. The monoisotopic (exact) mass is 281 g/mol. The number of aryl methyl sites for hydroxylation is 1. The van der Waals surface area contributed by atoms with Crippen LogP contribution in [-0.2, 0) is 11.3 Å². The van der Waals surface area contributed by atoms with E-state index in [-0.39, 0.29) is 17.4 Å². The van der Waals surface area contributed by atoms with Crippen LogP contribution in [0.25, 0.3) is 0 Å². The molecule has 1 aliphatic carbocycles. The van der Waals surface area contributed by atoms with Crippen LogP contribution in [0.15, 0.2) is 5.38 Å². The molecule has 2 rings (SSSR count). The first-order valence-corrected chi connectivity index (χ1v) is 7.73. The Morgan fingerprint density at radius 1 is 1.63 bits per heavy atom. The first-order chi connectivity index (χ1) is 8.90. The lowest BCUT2D eigenvalue weighted by atomic mass is 9.74. The molecule has 1 amide bonds. The average Bonchev–Trinajstić information content (AvgIpc) is 2.73. The quantitative estimate of drug-likeness (QED) is 0.925. The summed E-state index contributed by atoms with van der Waals surface area (Å²) in [7, 11) is 1.85.